The molecule has 0 heterocycles. The molecule has 0 aliphatic heterocycles. The zero-order chi connectivity index (χ0) is 12.7. The lowest BCUT2D eigenvalue weighted by Crippen LogP contribution is -2.16. The van der Waals surface area contributed by atoms with Crippen molar-refractivity contribution in [2.24, 2.45) is 5.73 Å². The molecular formula is C11H13FN2O2S. The van der Waals surface area contributed by atoms with Crippen molar-refractivity contribution in [1.82, 2.24) is 0 Å². The van der Waals surface area contributed by atoms with Crippen LogP contribution in [0.1, 0.15) is 6.42 Å². The van der Waals surface area contributed by atoms with E-state index in [1.807, 2.05) is 0 Å². The molecular weight excluding hydrogens is 243 g/mol. The highest BCUT2D eigenvalue weighted by molar-refractivity contribution is 7.99. The SMILES string of the molecule is NC(=O)CCSCC(=O)Nc1ccc(F)cc1. The number of primary amides is 1. The molecule has 6 heteroatoms. The second-order valence-corrected chi connectivity index (χ2v) is 4.43. The molecule has 1 rings (SSSR count). The average molecular weight is 256 g/mol. The van der Waals surface area contributed by atoms with Crippen LogP contribution < -0.4 is 11.1 Å². The largest absolute Gasteiger partial charge is 0.370 e. The van der Waals surface area contributed by atoms with Crippen molar-refractivity contribution in [3.63, 3.8) is 0 Å². The lowest BCUT2D eigenvalue weighted by Gasteiger charge is -2.04. The van der Waals surface area contributed by atoms with Crippen LogP contribution in [0.25, 0.3) is 0 Å². The number of rotatable bonds is 6. The topological polar surface area (TPSA) is 72.2 Å². The van der Waals surface area contributed by atoms with Gasteiger partial charge in [-0.3, -0.25) is 9.59 Å². The summed E-state index contributed by atoms with van der Waals surface area (Å²) in [5.74, 6) is -0.155. The van der Waals surface area contributed by atoms with Gasteiger partial charge in [0.15, 0.2) is 0 Å². The maximum atomic E-state index is 12.6. The molecule has 0 atom stereocenters. The number of carbonyl (C=O) groups is 2. The molecule has 0 saturated carbocycles. The molecule has 0 radical (unpaired) electrons. The third kappa shape index (κ3) is 5.91. The molecule has 0 unspecified atom stereocenters. The molecule has 0 saturated heterocycles. The van der Waals surface area contributed by atoms with E-state index in [2.05, 4.69) is 5.32 Å². The number of amides is 2. The van der Waals surface area contributed by atoms with E-state index in [0.29, 0.717) is 11.4 Å². The van der Waals surface area contributed by atoms with Gasteiger partial charge in [-0.25, -0.2) is 4.39 Å². The minimum Gasteiger partial charge on any atom is -0.370 e. The van der Waals surface area contributed by atoms with Crippen LogP contribution in [0, 0.1) is 5.82 Å². The maximum Gasteiger partial charge on any atom is 0.234 e. The highest BCUT2D eigenvalue weighted by atomic mass is 32.2. The minimum atomic E-state index is -0.378. The van der Waals surface area contributed by atoms with E-state index >= 15 is 0 Å². The number of anilines is 1. The summed E-state index contributed by atoms with van der Waals surface area (Å²) in [5, 5.41) is 2.61. The molecule has 1 aromatic carbocycles. The molecule has 3 N–H and O–H groups in total. The second-order valence-electron chi connectivity index (χ2n) is 3.32. The Hall–Kier alpha value is -1.56. The van der Waals surface area contributed by atoms with Crippen molar-refractivity contribution in [3.05, 3.63) is 30.1 Å². The summed E-state index contributed by atoms with van der Waals surface area (Å²) >= 11 is 1.33. The summed E-state index contributed by atoms with van der Waals surface area (Å²) in [4.78, 5) is 21.8. The van der Waals surface area contributed by atoms with Gasteiger partial charge in [-0.2, -0.15) is 11.8 Å². The zero-order valence-corrected chi connectivity index (χ0v) is 9.93. The van der Waals surface area contributed by atoms with Gasteiger partial charge in [0.05, 0.1) is 5.75 Å². The van der Waals surface area contributed by atoms with Crippen molar-refractivity contribution in [3.8, 4) is 0 Å². The number of nitrogens with two attached hydrogens (primary N) is 1. The Balaban J connectivity index is 2.25. The fourth-order valence-electron chi connectivity index (χ4n) is 1.07. The van der Waals surface area contributed by atoms with E-state index in [9.17, 15) is 14.0 Å². The van der Waals surface area contributed by atoms with E-state index < -0.39 is 0 Å². The number of halogens is 1. The van der Waals surface area contributed by atoms with Gasteiger partial charge in [0, 0.05) is 17.9 Å². The average Bonchev–Trinajstić information content (AvgIpc) is 2.27. The van der Waals surface area contributed by atoms with Crippen LogP contribution in [0.15, 0.2) is 24.3 Å². The first-order valence-corrected chi connectivity index (χ1v) is 6.15. The van der Waals surface area contributed by atoms with Gasteiger partial charge in [0.1, 0.15) is 5.82 Å². The Morgan fingerprint density at radius 2 is 1.94 bits per heavy atom. The van der Waals surface area contributed by atoms with Crippen molar-refractivity contribution in [2.75, 3.05) is 16.8 Å². The van der Waals surface area contributed by atoms with Crippen molar-refractivity contribution < 1.29 is 14.0 Å². The number of nitrogens with one attached hydrogen (secondary N) is 1. The predicted octanol–water partition coefficient (Wildman–Crippen LogP) is 1.37. The quantitative estimate of drug-likeness (QED) is 0.755. The Labute approximate surface area is 103 Å². The first kappa shape index (κ1) is 13.5. The first-order valence-electron chi connectivity index (χ1n) is 4.99. The van der Waals surface area contributed by atoms with E-state index in [1.165, 1.54) is 36.0 Å². The van der Waals surface area contributed by atoms with Crippen LogP contribution in [0.5, 0.6) is 0 Å². The fraction of sp³-hybridized carbons (Fsp3) is 0.273. The van der Waals surface area contributed by atoms with Gasteiger partial charge in [-0.05, 0) is 24.3 Å². The lowest BCUT2D eigenvalue weighted by molar-refractivity contribution is -0.117. The first-order chi connectivity index (χ1) is 8.08. The summed E-state index contributed by atoms with van der Waals surface area (Å²) in [6.45, 7) is 0. The van der Waals surface area contributed by atoms with Crippen molar-refractivity contribution in [2.45, 2.75) is 6.42 Å². The predicted molar refractivity (Wildman–Crippen MR) is 66.2 cm³/mol. The lowest BCUT2D eigenvalue weighted by atomic mass is 10.3. The molecule has 0 fully saturated rings. The molecule has 92 valence electrons. The Morgan fingerprint density at radius 3 is 2.53 bits per heavy atom. The Bertz CT molecular complexity index is 395. The normalized spacial score (nSPS) is 9.94. The van der Waals surface area contributed by atoms with E-state index in [-0.39, 0.29) is 29.8 Å². The van der Waals surface area contributed by atoms with Crippen LogP contribution in [0.4, 0.5) is 10.1 Å². The van der Waals surface area contributed by atoms with E-state index in [1.54, 1.807) is 0 Å². The van der Waals surface area contributed by atoms with Crippen LogP contribution in [0.3, 0.4) is 0 Å². The smallest absolute Gasteiger partial charge is 0.234 e. The highest BCUT2D eigenvalue weighted by Gasteiger charge is 2.03. The summed E-state index contributed by atoms with van der Waals surface area (Å²) in [7, 11) is 0. The summed E-state index contributed by atoms with van der Waals surface area (Å²) in [5.41, 5.74) is 5.51. The van der Waals surface area contributed by atoms with Crippen LogP contribution in [-0.2, 0) is 9.59 Å². The summed E-state index contributed by atoms with van der Waals surface area (Å²) in [6.07, 6.45) is 0.258. The highest BCUT2D eigenvalue weighted by Crippen LogP contribution is 2.09. The van der Waals surface area contributed by atoms with E-state index in [0.717, 1.165) is 0 Å². The monoisotopic (exact) mass is 256 g/mol. The number of thioether (sulfide) groups is 1. The fourth-order valence-corrected chi connectivity index (χ4v) is 1.82. The molecule has 0 aliphatic rings. The summed E-state index contributed by atoms with van der Waals surface area (Å²) < 4.78 is 12.6. The maximum absolute atomic E-state index is 12.6. The molecule has 4 nitrogen and oxygen atoms in total. The second kappa shape index (κ2) is 6.90. The molecule has 0 aromatic heterocycles. The third-order valence-electron chi connectivity index (χ3n) is 1.85. The molecule has 2 amide bonds. The number of benzene rings is 1. The van der Waals surface area contributed by atoms with Gasteiger partial charge >= 0.3 is 0 Å². The van der Waals surface area contributed by atoms with Gasteiger partial charge in [0.25, 0.3) is 0 Å². The molecule has 0 spiro atoms. The van der Waals surface area contributed by atoms with Crippen molar-refractivity contribution in [1.29, 1.82) is 0 Å². The van der Waals surface area contributed by atoms with E-state index in [4.69, 9.17) is 5.73 Å². The molecule has 1 aromatic rings. The van der Waals surface area contributed by atoms with Gasteiger partial charge < -0.3 is 11.1 Å². The van der Waals surface area contributed by atoms with Gasteiger partial charge in [0.2, 0.25) is 11.8 Å². The standard InChI is InChI=1S/C11H13FN2O2S/c12-8-1-3-9(4-2-8)14-11(16)7-17-6-5-10(13)15/h1-4H,5-7H2,(H2,13,15)(H,14,16). The number of carbonyl (C=O) groups excluding carboxylic acids is 2. The summed E-state index contributed by atoms with van der Waals surface area (Å²) in [6, 6.07) is 5.52. The molecule has 0 bridgehead atoms. The Morgan fingerprint density at radius 1 is 1.29 bits per heavy atom. The molecule has 17 heavy (non-hydrogen) atoms. The van der Waals surface area contributed by atoms with Crippen LogP contribution >= 0.6 is 11.8 Å². The minimum absolute atomic E-state index is 0.189. The third-order valence-corrected chi connectivity index (χ3v) is 2.81. The number of hydrogen-bond donors (Lipinski definition) is 2. The zero-order valence-electron chi connectivity index (χ0n) is 9.11. The van der Waals surface area contributed by atoms with Gasteiger partial charge in [-0.15, -0.1) is 0 Å². The Kier molecular flexibility index (Phi) is 5.48. The molecule has 0 aliphatic carbocycles. The van der Waals surface area contributed by atoms with Crippen LogP contribution in [-0.4, -0.2) is 23.3 Å². The van der Waals surface area contributed by atoms with Gasteiger partial charge in [-0.1, -0.05) is 0 Å². The van der Waals surface area contributed by atoms with Crippen LogP contribution in [0.2, 0.25) is 0 Å². The number of hydrogen-bond acceptors (Lipinski definition) is 3. The van der Waals surface area contributed by atoms with Crippen molar-refractivity contribution >= 4 is 29.3 Å².